The molecule has 1 heterocycles. The van der Waals surface area contributed by atoms with Gasteiger partial charge in [-0.2, -0.15) is 0 Å². The first kappa shape index (κ1) is 13.7. The van der Waals surface area contributed by atoms with Gasteiger partial charge in [0.15, 0.2) is 0 Å². The Kier molecular flexibility index (Phi) is 3.68. The van der Waals surface area contributed by atoms with Gasteiger partial charge in [0, 0.05) is 19.0 Å². The van der Waals surface area contributed by atoms with Crippen molar-refractivity contribution >= 4 is 11.0 Å². The molecule has 4 nitrogen and oxygen atoms in total. The number of fused-ring (bicyclic) bond motifs is 1. The molecule has 1 unspecified atom stereocenters. The number of nitrogens with zero attached hydrogens (tertiary/aromatic N) is 2. The van der Waals surface area contributed by atoms with Gasteiger partial charge in [0.25, 0.3) is 0 Å². The molecule has 108 valence electrons. The number of benzene rings is 2. The van der Waals surface area contributed by atoms with Crippen molar-refractivity contribution in [2.75, 3.05) is 0 Å². The van der Waals surface area contributed by atoms with Crippen LogP contribution >= 0.6 is 0 Å². The molecule has 0 fully saturated rings. The summed E-state index contributed by atoms with van der Waals surface area (Å²) in [6.45, 7) is 0. The average molecular weight is 284 g/mol. The van der Waals surface area contributed by atoms with Gasteiger partial charge < -0.3 is 4.57 Å². The summed E-state index contributed by atoms with van der Waals surface area (Å²) in [7, 11) is 1.96. The van der Waals surface area contributed by atoms with E-state index < -0.39 is 0 Å². The van der Waals surface area contributed by atoms with Crippen molar-refractivity contribution in [1.82, 2.24) is 15.0 Å². The quantitative estimate of drug-likeness (QED) is 0.571. The second kappa shape index (κ2) is 5.63. The van der Waals surface area contributed by atoms with E-state index in [2.05, 4.69) is 10.4 Å². The van der Waals surface area contributed by atoms with Crippen molar-refractivity contribution in [1.29, 1.82) is 0 Å². The van der Waals surface area contributed by atoms with Crippen LogP contribution in [0.15, 0.2) is 48.5 Å². The number of hydrazine groups is 1. The molecule has 3 aromatic rings. The van der Waals surface area contributed by atoms with Crippen LogP contribution in [0.2, 0.25) is 0 Å². The van der Waals surface area contributed by atoms with E-state index >= 15 is 0 Å². The summed E-state index contributed by atoms with van der Waals surface area (Å²) in [5.41, 5.74) is 5.22. The third-order valence-electron chi connectivity index (χ3n) is 3.75. The SMILES string of the molecule is Cn1c(CC(NN)c2ccccc2F)nc2ccccc21. The summed E-state index contributed by atoms with van der Waals surface area (Å²) in [5.74, 6) is 6.21. The molecule has 0 aliphatic heterocycles. The molecular weight excluding hydrogens is 267 g/mol. The van der Waals surface area contributed by atoms with Gasteiger partial charge in [-0.15, -0.1) is 0 Å². The Morgan fingerprint density at radius 2 is 1.90 bits per heavy atom. The summed E-state index contributed by atoms with van der Waals surface area (Å²) >= 11 is 0. The Morgan fingerprint density at radius 1 is 1.19 bits per heavy atom. The number of imidazole rings is 1. The molecule has 3 rings (SSSR count). The largest absolute Gasteiger partial charge is 0.331 e. The van der Waals surface area contributed by atoms with Gasteiger partial charge in [-0.3, -0.25) is 11.3 Å². The molecule has 1 aromatic heterocycles. The molecule has 0 aliphatic rings. The van der Waals surface area contributed by atoms with Crippen molar-refractivity contribution in [2.45, 2.75) is 12.5 Å². The molecule has 2 aromatic carbocycles. The van der Waals surface area contributed by atoms with Gasteiger partial charge in [-0.1, -0.05) is 30.3 Å². The van der Waals surface area contributed by atoms with Gasteiger partial charge in [0.1, 0.15) is 11.6 Å². The molecule has 0 saturated carbocycles. The minimum absolute atomic E-state index is 0.265. The standard InChI is InChI=1S/C16H17FN4/c1-21-15-9-5-4-8-13(15)19-16(21)10-14(20-18)11-6-2-3-7-12(11)17/h2-9,14,20H,10,18H2,1H3. The highest BCUT2D eigenvalue weighted by atomic mass is 19.1. The number of aryl methyl sites for hydroxylation is 1. The fourth-order valence-electron chi connectivity index (χ4n) is 2.58. The van der Waals surface area contributed by atoms with Gasteiger partial charge >= 0.3 is 0 Å². The van der Waals surface area contributed by atoms with Crippen LogP contribution in [0.25, 0.3) is 11.0 Å². The lowest BCUT2D eigenvalue weighted by Gasteiger charge is -2.16. The van der Waals surface area contributed by atoms with Crippen molar-refractivity contribution in [3.05, 3.63) is 65.7 Å². The van der Waals surface area contributed by atoms with Crippen LogP contribution in [-0.4, -0.2) is 9.55 Å². The zero-order valence-corrected chi connectivity index (χ0v) is 11.8. The second-order valence-electron chi connectivity index (χ2n) is 5.02. The number of hydrogen-bond donors (Lipinski definition) is 2. The Bertz CT molecular complexity index is 766. The van der Waals surface area contributed by atoms with Gasteiger partial charge in [-0.05, 0) is 18.2 Å². The minimum Gasteiger partial charge on any atom is -0.331 e. The number of para-hydroxylation sites is 2. The molecule has 0 spiro atoms. The maximum atomic E-state index is 13.9. The van der Waals surface area contributed by atoms with E-state index in [9.17, 15) is 4.39 Å². The summed E-state index contributed by atoms with van der Waals surface area (Å²) in [4.78, 5) is 4.60. The van der Waals surface area contributed by atoms with E-state index in [1.54, 1.807) is 18.2 Å². The molecule has 5 heteroatoms. The smallest absolute Gasteiger partial charge is 0.128 e. The average Bonchev–Trinajstić information content (AvgIpc) is 2.82. The number of nitrogens with one attached hydrogen (secondary N) is 1. The first-order valence-electron chi connectivity index (χ1n) is 6.81. The Labute approximate surface area is 122 Å². The lowest BCUT2D eigenvalue weighted by molar-refractivity contribution is 0.498. The fraction of sp³-hybridized carbons (Fsp3) is 0.188. The lowest BCUT2D eigenvalue weighted by Crippen LogP contribution is -2.31. The predicted octanol–water partition coefficient (Wildman–Crippen LogP) is 2.46. The highest BCUT2D eigenvalue weighted by molar-refractivity contribution is 5.75. The van der Waals surface area contributed by atoms with Gasteiger partial charge in [-0.25, -0.2) is 9.37 Å². The zero-order valence-electron chi connectivity index (χ0n) is 11.8. The Hall–Kier alpha value is -2.24. The van der Waals surface area contributed by atoms with E-state index in [1.807, 2.05) is 35.9 Å². The summed E-state index contributed by atoms with van der Waals surface area (Å²) < 4.78 is 15.9. The van der Waals surface area contributed by atoms with Crippen molar-refractivity contribution in [3.63, 3.8) is 0 Å². The predicted molar refractivity (Wildman–Crippen MR) is 80.9 cm³/mol. The van der Waals surface area contributed by atoms with Crippen LogP contribution in [0.1, 0.15) is 17.4 Å². The fourth-order valence-corrected chi connectivity index (χ4v) is 2.58. The lowest BCUT2D eigenvalue weighted by atomic mass is 10.0. The second-order valence-corrected chi connectivity index (χ2v) is 5.02. The maximum Gasteiger partial charge on any atom is 0.128 e. The zero-order chi connectivity index (χ0) is 14.8. The number of nitrogens with two attached hydrogens (primary N) is 1. The molecule has 0 radical (unpaired) electrons. The molecule has 0 bridgehead atoms. The van der Waals surface area contributed by atoms with E-state index in [0.717, 1.165) is 16.9 Å². The minimum atomic E-state index is -0.318. The molecule has 0 amide bonds. The van der Waals surface area contributed by atoms with Crippen LogP contribution in [0.4, 0.5) is 4.39 Å². The van der Waals surface area contributed by atoms with Crippen LogP contribution < -0.4 is 11.3 Å². The Morgan fingerprint density at radius 3 is 2.62 bits per heavy atom. The van der Waals surface area contributed by atoms with Gasteiger partial charge in [0.05, 0.1) is 17.1 Å². The maximum absolute atomic E-state index is 13.9. The van der Waals surface area contributed by atoms with E-state index in [4.69, 9.17) is 5.84 Å². The van der Waals surface area contributed by atoms with Crippen molar-refractivity contribution < 1.29 is 4.39 Å². The number of rotatable bonds is 4. The highest BCUT2D eigenvalue weighted by Gasteiger charge is 2.18. The van der Waals surface area contributed by atoms with E-state index in [0.29, 0.717) is 12.0 Å². The summed E-state index contributed by atoms with van der Waals surface area (Å²) in [5, 5.41) is 0. The number of halogens is 1. The van der Waals surface area contributed by atoms with Crippen LogP contribution in [-0.2, 0) is 13.5 Å². The highest BCUT2D eigenvalue weighted by Crippen LogP contribution is 2.22. The number of hydrogen-bond acceptors (Lipinski definition) is 3. The normalized spacial score (nSPS) is 12.7. The van der Waals surface area contributed by atoms with Crippen molar-refractivity contribution in [3.8, 4) is 0 Å². The van der Waals surface area contributed by atoms with E-state index in [1.165, 1.54) is 6.07 Å². The molecule has 21 heavy (non-hydrogen) atoms. The molecule has 0 saturated heterocycles. The molecule has 3 N–H and O–H groups in total. The number of aromatic nitrogens is 2. The van der Waals surface area contributed by atoms with E-state index in [-0.39, 0.29) is 11.9 Å². The van der Waals surface area contributed by atoms with Crippen LogP contribution in [0, 0.1) is 5.82 Å². The molecular formula is C16H17FN4. The van der Waals surface area contributed by atoms with Crippen molar-refractivity contribution in [2.24, 2.45) is 12.9 Å². The molecule has 0 aliphatic carbocycles. The first-order valence-corrected chi connectivity index (χ1v) is 6.81. The third kappa shape index (κ3) is 2.53. The van der Waals surface area contributed by atoms with Gasteiger partial charge in [0.2, 0.25) is 0 Å². The Balaban J connectivity index is 1.96. The van der Waals surface area contributed by atoms with Crippen LogP contribution in [0.5, 0.6) is 0 Å². The first-order chi connectivity index (χ1) is 10.2. The topological polar surface area (TPSA) is 55.9 Å². The summed E-state index contributed by atoms with van der Waals surface area (Å²) in [6.07, 6.45) is 0.516. The van der Waals surface area contributed by atoms with Crippen LogP contribution in [0.3, 0.4) is 0 Å². The monoisotopic (exact) mass is 284 g/mol. The third-order valence-corrected chi connectivity index (χ3v) is 3.75. The summed E-state index contributed by atoms with van der Waals surface area (Å²) in [6, 6.07) is 14.2. The molecule has 1 atom stereocenters.